The van der Waals surface area contributed by atoms with E-state index in [1.54, 1.807) is 11.8 Å². The summed E-state index contributed by atoms with van der Waals surface area (Å²) >= 11 is 1.74. The molecule has 1 N–H and O–H groups in total. The first-order chi connectivity index (χ1) is 3.89. The predicted molar refractivity (Wildman–Crippen MR) is 40.1 cm³/mol. The lowest BCUT2D eigenvalue weighted by Gasteiger charge is -1.76. The average molecular weight is 132 g/mol. The molecule has 3 heteroatoms. The van der Waals surface area contributed by atoms with Gasteiger partial charge in [-0.2, -0.15) is 5.10 Å². The predicted octanol–water partition coefficient (Wildman–Crippen LogP) is 1.64. The summed E-state index contributed by atoms with van der Waals surface area (Å²) in [4.78, 5) is 0. The van der Waals surface area contributed by atoms with Gasteiger partial charge in [-0.15, -0.1) is 0 Å². The number of hydrazone groups is 1. The molecule has 0 atom stereocenters. The fraction of sp³-hybridized carbons (Fsp3) is 0.800. The first kappa shape index (κ1) is 7.82. The fourth-order valence-corrected chi connectivity index (χ4v) is 0.780. The highest BCUT2D eigenvalue weighted by atomic mass is 32.2. The molecule has 1 aliphatic rings. The van der Waals surface area contributed by atoms with Gasteiger partial charge in [0.25, 0.3) is 0 Å². The van der Waals surface area contributed by atoms with Gasteiger partial charge in [0, 0.05) is 0 Å². The van der Waals surface area contributed by atoms with Gasteiger partial charge in [-0.1, -0.05) is 25.6 Å². The number of nitrogens with zero attached hydrogens (tertiary/aromatic N) is 1. The Labute approximate surface area is 54.7 Å². The Bertz CT molecular complexity index is 80.5. The Morgan fingerprint density at radius 3 is 2.38 bits per heavy atom. The van der Waals surface area contributed by atoms with Crippen LogP contribution in [-0.4, -0.2) is 10.9 Å². The van der Waals surface area contributed by atoms with Crippen LogP contribution in [0.15, 0.2) is 5.10 Å². The van der Waals surface area contributed by atoms with Gasteiger partial charge in [0.2, 0.25) is 0 Å². The van der Waals surface area contributed by atoms with Gasteiger partial charge in [0.1, 0.15) is 0 Å². The van der Waals surface area contributed by atoms with Crippen molar-refractivity contribution < 1.29 is 0 Å². The minimum atomic E-state index is 0.950. The van der Waals surface area contributed by atoms with Crippen molar-refractivity contribution in [3.8, 4) is 0 Å². The third kappa shape index (κ3) is 2.91. The lowest BCUT2D eigenvalue weighted by molar-refractivity contribution is 0.892. The Morgan fingerprint density at radius 1 is 1.62 bits per heavy atom. The maximum Gasteiger partial charge on any atom is 0.0918 e. The van der Waals surface area contributed by atoms with E-state index in [1.165, 1.54) is 0 Å². The molecule has 8 heavy (non-hydrogen) atoms. The first-order valence-corrected chi connectivity index (χ1v) is 3.78. The van der Waals surface area contributed by atoms with E-state index in [0.29, 0.717) is 0 Å². The van der Waals surface area contributed by atoms with Crippen LogP contribution < -0.4 is 5.43 Å². The Morgan fingerprint density at radius 2 is 2.25 bits per heavy atom. The smallest absolute Gasteiger partial charge is 0.0918 e. The molecule has 1 aliphatic heterocycles. The van der Waals surface area contributed by atoms with E-state index in [0.717, 1.165) is 10.9 Å². The van der Waals surface area contributed by atoms with Gasteiger partial charge in [0.05, 0.1) is 10.9 Å². The van der Waals surface area contributed by atoms with E-state index >= 15 is 0 Å². The molecule has 1 rings (SSSR count). The van der Waals surface area contributed by atoms with Crippen molar-refractivity contribution in [1.82, 2.24) is 5.43 Å². The maximum atomic E-state index is 3.87. The van der Waals surface area contributed by atoms with Crippen molar-refractivity contribution in [2.75, 3.05) is 5.88 Å². The number of thioether (sulfide) groups is 1. The molecule has 0 aromatic carbocycles. The summed E-state index contributed by atoms with van der Waals surface area (Å²) < 4.78 is 0. The standard InChI is InChI=1S/C3H6N2S.C2H6/c1-3-5-4-2-6-3;1-2/h4H,2H2,1H3;1-2H3. The number of hydrogen-bond donors (Lipinski definition) is 1. The first-order valence-electron chi connectivity index (χ1n) is 2.79. The zero-order chi connectivity index (χ0) is 6.41. The van der Waals surface area contributed by atoms with Crippen molar-refractivity contribution >= 4 is 16.8 Å². The molecule has 0 radical (unpaired) electrons. The SMILES string of the molecule is CC.CC1=NNCS1. The van der Waals surface area contributed by atoms with E-state index in [9.17, 15) is 0 Å². The maximum absolute atomic E-state index is 3.87. The van der Waals surface area contributed by atoms with Crippen LogP contribution in [0.25, 0.3) is 0 Å². The molecule has 0 aromatic rings. The van der Waals surface area contributed by atoms with Gasteiger partial charge in [-0.05, 0) is 6.92 Å². The Balaban J connectivity index is 0.000000222. The zero-order valence-electron chi connectivity index (χ0n) is 5.56. The van der Waals surface area contributed by atoms with E-state index in [4.69, 9.17) is 0 Å². The number of rotatable bonds is 0. The molecule has 0 fully saturated rings. The van der Waals surface area contributed by atoms with E-state index in [-0.39, 0.29) is 0 Å². The van der Waals surface area contributed by atoms with Crippen molar-refractivity contribution in [3.63, 3.8) is 0 Å². The summed E-state index contributed by atoms with van der Waals surface area (Å²) in [6.45, 7) is 5.99. The summed E-state index contributed by atoms with van der Waals surface area (Å²) in [7, 11) is 0. The quantitative estimate of drug-likeness (QED) is 0.542. The van der Waals surface area contributed by atoms with Crippen molar-refractivity contribution in [3.05, 3.63) is 0 Å². The molecule has 0 aromatic heterocycles. The third-order valence-electron chi connectivity index (χ3n) is 0.582. The highest BCUT2D eigenvalue weighted by Gasteiger charge is 1.95. The Kier molecular flexibility index (Phi) is 4.85. The minimum absolute atomic E-state index is 0.950. The molecular formula is C5H12N2S. The number of nitrogens with one attached hydrogen (secondary N) is 1. The van der Waals surface area contributed by atoms with Gasteiger partial charge in [-0.3, -0.25) is 5.43 Å². The van der Waals surface area contributed by atoms with Crippen LogP contribution in [0.5, 0.6) is 0 Å². The normalized spacial score (nSPS) is 15.6. The second-order valence-electron chi connectivity index (χ2n) is 1.08. The molecule has 0 unspecified atom stereocenters. The summed E-state index contributed by atoms with van der Waals surface area (Å²) in [5.41, 5.74) is 2.82. The second-order valence-corrected chi connectivity index (χ2v) is 2.25. The number of hydrogen-bond acceptors (Lipinski definition) is 3. The van der Waals surface area contributed by atoms with Crippen LogP contribution in [0.2, 0.25) is 0 Å². The molecular weight excluding hydrogens is 120 g/mol. The van der Waals surface area contributed by atoms with Crippen LogP contribution in [-0.2, 0) is 0 Å². The summed E-state index contributed by atoms with van der Waals surface area (Å²) in [5.74, 6) is 0.950. The van der Waals surface area contributed by atoms with Crippen LogP contribution in [0, 0.1) is 0 Å². The van der Waals surface area contributed by atoms with Gasteiger partial charge < -0.3 is 0 Å². The van der Waals surface area contributed by atoms with Gasteiger partial charge >= 0.3 is 0 Å². The zero-order valence-corrected chi connectivity index (χ0v) is 6.38. The topological polar surface area (TPSA) is 24.4 Å². The van der Waals surface area contributed by atoms with E-state index in [1.807, 2.05) is 20.8 Å². The van der Waals surface area contributed by atoms with E-state index < -0.39 is 0 Å². The van der Waals surface area contributed by atoms with Gasteiger partial charge in [0.15, 0.2) is 0 Å². The monoisotopic (exact) mass is 132 g/mol. The molecule has 0 saturated heterocycles. The molecule has 0 amide bonds. The summed E-state index contributed by atoms with van der Waals surface area (Å²) in [6, 6.07) is 0. The molecule has 0 bridgehead atoms. The lowest BCUT2D eigenvalue weighted by atomic mass is 10.9. The molecule has 0 aliphatic carbocycles. The lowest BCUT2D eigenvalue weighted by Crippen LogP contribution is -1.93. The molecule has 0 spiro atoms. The minimum Gasteiger partial charge on any atom is -0.299 e. The van der Waals surface area contributed by atoms with Crippen molar-refractivity contribution in [2.24, 2.45) is 5.10 Å². The van der Waals surface area contributed by atoms with E-state index in [2.05, 4.69) is 10.5 Å². The van der Waals surface area contributed by atoms with Gasteiger partial charge in [-0.25, -0.2) is 0 Å². The van der Waals surface area contributed by atoms with Crippen LogP contribution in [0.3, 0.4) is 0 Å². The van der Waals surface area contributed by atoms with Crippen LogP contribution >= 0.6 is 11.8 Å². The largest absolute Gasteiger partial charge is 0.299 e. The van der Waals surface area contributed by atoms with Crippen molar-refractivity contribution in [2.45, 2.75) is 20.8 Å². The van der Waals surface area contributed by atoms with Crippen LogP contribution in [0.1, 0.15) is 20.8 Å². The summed E-state index contributed by atoms with van der Waals surface area (Å²) in [6.07, 6.45) is 0. The molecule has 2 nitrogen and oxygen atoms in total. The van der Waals surface area contributed by atoms with Crippen LogP contribution in [0.4, 0.5) is 0 Å². The fourth-order valence-electron chi connectivity index (χ4n) is 0.313. The third-order valence-corrected chi connectivity index (χ3v) is 1.36. The Hall–Kier alpha value is -0.180. The molecule has 0 saturated carbocycles. The highest BCUT2D eigenvalue weighted by molar-refractivity contribution is 8.14. The highest BCUT2D eigenvalue weighted by Crippen LogP contribution is 2.04. The second kappa shape index (κ2) is 4.97. The molecule has 48 valence electrons. The molecule has 1 heterocycles. The summed E-state index contributed by atoms with van der Waals surface area (Å²) in [5, 5.41) is 5.00. The average Bonchev–Trinajstić information content (AvgIpc) is 2.24. The van der Waals surface area contributed by atoms with Crippen molar-refractivity contribution in [1.29, 1.82) is 0 Å².